The average molecular weight is 293 g/mol. The van der Waals surface area contributed by atoms with E-state index in [1.54, 1.807) is 11.8 Å². The highest BCUT2D eigenvalue weighted by Gasteiger charge is 2.39. The fourth-order valence-electron chi connectivity index (χ4n) is 2.36. The first kappa shape index (κ1) is 15.4. The first-order valence-electron chi connectivity index (χ1n) is 7.20. The van der Waals surface area contributed by atoms with Crippen LogP contribution in [0.4, 0.5) is 0 Å². The molecule has 2 atom stereocenters. The number of rotatable bonds is 5. The van der Waals surface area contributed by atoms with Crippen molar-refractivity contribution in [2.45, 2.75) is 44.8 Å². The van der Waals surface area contributed by atoms with E-state index in [1.165, 1.54) is 11.1 Å². The molecular formula is C16H23NO2S. The lowest BCUT2D eigenvalue weighted by molar-refractivity contribution is -0.138. The second-order valence-electron chi connectivity index (χ2n) is 5.60. The predicted molar refractivity (Wildman–Crippen MR) is 84.0 cm³/mol. The van der Waals surface area contributed by atoms with Gasteiger partial charge in [0.1, 0.15) is 0 Å². The average Bonchev–Trinajstić information content (AvgIpc) is 2.88. The third-order valence-corrected chi connectivity index (χ3v) is 5.03. The molecule has 0 aliphatic carbocycles. The van der Waals surface area contributed by atoms with Gasteiger partial charge >= 0.3 is 0 Å². The largest absolute Gasteiger partial charge is 0.379 e. The number of carbonyl (C=O) groups is 1. The van der Waals surface area contributed by atoms with Gasteiger partial charge in [-0.2, -0.15) is 11.8 Å². The molecule has 1 aliphatic rings. The van der Waals surface area contributed by atoms with Crippen molar-refractivity contribution in [1.29, 1.82) is 0 Å². The maximum Gasteiger partial charge on any atom is 0.253 e. The Morgan fingerprint density at radius 2 is 2.15 bits per heavy atom. The van der Waals surface area contributed by atoms with Crippen LogP contribution in [0.2, 0.25) is 0 Å². The molecule has 1 amide bonds. The van der Waals surface area contributed by atoms with Gasteiger partial charge < -0.3 is 10.4 Å². The van der Waals surface area contributed by atoms with Crippen LogP contribution in [0.1, 0.15) is 30.9 Å². The molecule has 0 aromatic heterocycles. The van der Waals surface area contributed by atoms with E-state index in [9.17, 15) is 9.90 Å². The highest BCUT2D eigenvalue weighted by atomic mass is 32.2. The van der Waals surface area contributed by atoms with Crippen molar-refractivity contribution < 1.29 is 9.90 Å². The SMILES string of the molecule is CC[C@H](Cc1ccc(C)cc1)NC(=O)[C@]1(O)CCSC1. The molecule has 20 heavy (non-hydrogen) atoms. The van der Waals surface area contributed by atoms with Crippen molar-refractivity contribution in [3.05, 3.63) is 35.4 Å². The first-order valence-corrected chi connectivity index (χ1v) is 8.35. The van der Waals surface area contributed by atoms with Gasteiger partial charge in [0.05, 0.1) is 0 Å². The number of amides is 1. The lowest BCUT2D eigenvalue weighted by Crippen LogP contribution is -2.50. The lowest BCUT2D eigenvalue weighted by Gasteiger charge is -2.25. The standard InChI is InChI=1S/C16H23NO2S/c1-3-14(10-13-6-4-12(2)5-7-13)17-15(18)16(19)8-9-20-11-16/h4-7,14,19H,3,8-11H2,1-2H3,(H,17,18)/t14-,16+/m1/s1. The Kier molecular flexibility index (Phi) is 5.11. The Morgan fingerprint density at radius 3 is 2.70 bits per heavy atom. The number of carbonyl (C=O) groups excluding carboxylic acids is 1. The second kappa shape index (κ2) is 6.64. The molecule has 1 aliphatic heterocycles. The smallest absolute Gasteiger partial charge is 0.253 e. The van der Waals surface area contributed by atoms with E-state index in [0.717, 1.165) is 18.6 Å². The van der Waals surface area contributed by atoms with Gasteiger partial charge in [-0.15, -0.1) is 0 Å². The molecule has 1 saturated heterocycles. The third-order valence-electron chi connectivity index (χ3n) is 3.85. The van der Waals surface area contributed by atoms with Crippen molar-refractivity contribution in [2.75, 3.05) is 11.5 Å². The number of aliphatic hydroxyl groups is 1. The summed E-state index contributed by atoms with van der Waals surface area (Å²) in [4.78, 5) is 12.2. The van der Waals surface area contributed by atoms with Crippen molar-refractivity contribution in [3.63, 3.8) is 0 Å². The maximum atomic E-state index is 12.2. The van der Waals surface area contributed by atoms with Crippen LogP contribution in [0.3, 0.4) is 0 Å². The van der Waals surface area contributed by atoms with E-state index in [4.69, 9.17) is 0 Å². The molecule has 4 heteroatoms. The summed E-state index contributed by atoms with van der Waals surface area (Å²) in [7, 11) is 0. The molecule has 1 aromatic rings. The van der Waals surface area contributed by atoms with Gasteiger partial charge in [-0.3, -0.25) is 4.79 Å². The van der Waals surface area contributed by atoms with E-state index in [0.29, 0.717) is 12.2 Å². The van der Waals surface area contributed by atoms with Crippen LogP contribution in [-0.2, 0) is 11.2 Å². The molecule has 0 spiro atoms. The fraction of sp³-hybridized carbons (Fsp3) is 0.562. The summed E-state index contributed by atoms with van der Waals surface area (Å²) in [6.07, 6.45) is 2.24. The molecular weight excluding hydrogens is 270 g/mol. The minimum atomic E-state index is -1.16. The zero-order valence-corrected chi connectivity index (χ0v) is 13.0. The number of thioether (sulfide) groups is 1. The first-order chi connectivity index (χ1) is 9.53. The lowest BCUT2D eigenvalue weighted by atomic mass is 9.99. The predicted octanol–water partition coefficient (Wildman–Crippen LogP) is 2.30. The van der Waals surface area contributed by atoms with E-state index in [2.05, 4.69) is 43.4 Å². The minimum Gasteiger partial charge on any atom is -0.379 e. The molecule has 1 heterocycles. The summed E-state index contributed by atoms with van der Waals surface area (Å²) >= 11 is 1.64. The molecule has 0 saturated carbocycles. The van der Waals surface area contributed by atoms with E-state index >= 15 is 0 Å². The van der Waals surface area contributed by atoms with Gasteiger partial charge in [-0.05, 0) is 37.5 Å². The van der Waals surface area contributed by atoms with Gasteiger partial charge in [-0.25, -0.2) is 0 Å². The molecule has 0 bridgehead atoms. The van der Waals surface area contributed by atoms with Crippen LogP contribution < -0.4 is 5.32 Å². The molecule has 1 aromatic carbocycles. The Morgan fingerprint density at radius 1 is 1.45 bits per heavy atom. The van der Waals surface area contributed by atoms with Crippen LogP contribution in [0.15, 0.2) is 24.3 Å². The summed E-state index contributed by atoms with van der Waals surface area (Å²) in [6, 6.07) is 8.46. The minimum absolute atomic E-state index is 0.0832. The summed E-state index contributed by atoms with van der Waals surface area (Å²) in [5.74, 6) is 1.17. The molecule has 3 nitrogen and oxygen atoms in total. The summed E-state index contributed by atoms with van der Waals surface area (Å²) in [5.41, 5.74) is 1.30. The number of hydrogen-bond donors (Lipinski definition) is 2. The van der Waals surface area contributed by atoms with Crippen molar-refractivity contribution in [3.8, 4) is 0 Å². The molecule has 0 unspecified atom stereocenters. The Labute approximate surface area is 125 Å². The summed E-state index contributed by atoms with van der Waals surface area (Å²) < 4.78 is 0. The van der Waals surface area contributed by atoms with Crippen LogP contribution in [0.5, 0.6) is 0 Å². The highest BCUT2D eigenvalue weighted by molar-refractivity contribution is 7.99. The third kappa shape index (κ3) is 3.76. The monoisotopic (exact) mass is 293 g/mol. The molecule has 0 radical (unpaired) electrons. The molecule has 110 valence electrons. The van der Waals surface area contributed by atoms with E-state index < -0.39 is 5.60 Å². The zero-order chi connectivity index (χ0) is 14.6. The van der Waals surface area contributed by atoms with Gasteiger partial charge in [0.15, 0.2) is 5.60 Å². The highest BCUT2D eigenvalue weighted by Crippen LogP contribution is 2.28. The van der Waals surface area contributed by atoms with Gasteiger partial charge in [0.25, 0.3) is 5.91 Å². The van der Waals surface area contributed by atoms with E-state index in [1.807, 2.05) is 0 Å². The van der Waals surface area contributed by atoms with Crippen molar-refractivity contribution in [1.82, 2.24) is 5.32 Å². The number of hydrogen-bond acceptors (Lipinski definition) is 3. The summed E-state index contributed by atoms with van der Waals surface area (Å²) in [5, 5.41) is 13.3. The molecule has 1 fully saturated rings. The number of nitrogens with one attached hydrogen (secondary N) is 1. The van der Waals surface area contributed by atoms with Gasteiger partial charge in [0, 0.05) is 11.8 Å². The Bertz CT molecular complexity index is 452. The Balaban J connectivity index is 1.95. The normalized spacial score (nSPS) is 23.6. The van der Waals surface area contributed by atoms with E-state index in [-0.39, 0.29) is 11.9 Å². The van der Waals surface area contributed by atoms with Crippen LogP contribution in [0.25, 0.3) is 0 Å². The summed E-state index contributed by atoms with van der Waals surface area (Å²) in [6.45, 7) is 4.13. The van der Waals surface area contributed by atoms with Gasteiger partial charge in [-0.1, -0.05) is 36.8 Å². The quantitative estimate of drug-likeness (QED) is 0.876. The number of aryl methyl sites for hydroxylation is 1. The van der Waals surface area contributed by atoms with Crippen molar-refractivity contribution in [2.24, 2.45) is 0 Å². The number of benzene rings is 1. The van der Waals surface area contributed by atoms with Crippen LogP contribution in [0, 0.1) is 6.92 Å². The van der Waals surface area contributed by atoms with Crippen LogP contribution >= 0.6 is 11.8 Å². The molecule has 2 rings (SSSR count). The van der Waals surface area contributed by atoms with Gasteiger partial charge in [0.2, 0.25) is 0 Å². The molecule has 2 N–H and O–H groups in total. The topological polar surface area (TPSA) is 49.3 Å². The second-order valence-corrected chi connectivity index (χ2v) is 6.71. The van der Waals surface area contributed by atoms with Crippen LogP contribution in [-0.4, -0.2) is 34.2 Å². The fourth-order valence-corrected chi connectivity index (χ4v) is 3.60. The maximum absolute atomic E-state index is 12.2. The Hall–Kier alpha value is -1.000. The zero-order valence-electron chi connectivity index (χ0n) is 12.2. The van der Waals surface area contributed by atoms with Crippen molar-refractivity contribution >= 4 is 17.7 Å².